The lowest BCUT2D eigenvalue weighted by Gasteiger charge is -2.07. The Hall–Kier alpha value is -2.37. The maximum absolute atomic E-state index is 11.7. The minimum Gasteiger partial charge on any atom is -0.497 e. The lowest BCUT2D eigenvalue weighted by atomic mass is 10.3. The molecule has 0 fully saturated rings. The summed E-state index contributed by atoms with van der Waals surface area (Å²) in [6.07, 6.45) is 0. The van der Waals surface area contributed by atoms with E-state index in [4.69, 9.17) is 15.1 Å². The highest BCUT2D eigenvalue weighted by Gasteiger charge is 2.25. The van der Waals surface area contributed by atoms with Crippen molar-refractivity contribution < 1.29 is 13.2 Å². The van der Waals surface area contributed by atoms with Crippen molar-refractivity contribution in [2.45, 2.75) is 11.9 Å². The Labute approximate surface area is 116 Å². The molecule has 0 bridgehead atoms. The van der Waals surface area contributed by atoms with E-state index in [1.807, 2.05) is 6.07 Å². The number of methoxy groups -OCH3 is 1. The molecule has 0 aliphatic rings. The summed E-state index contributed by atoms with van der Waals surface area (Å²) in [5.74, 6) is 0.537. The van der Waals surface area contributed by atoms with Crippen LogP contribution >= 0.6 is 0 Å². The molecule has 0 unspecified atom stereocenters. The largest absolute Gasteiger partial charge is 0.497 e. The molecule has 0 amide bonds. The van der Waals surface area contributed by atoms with Crippen molar-refractivity contribution in [1.29, 1.82) is 5.26 Å². The van der Waals surface area contributed by atoms with Gasteiger partial charge in [-0.15, -0.1) is 0 Å². The van der Waals surface area contributed by atoms with Gasteiger partial charge in [0.25, 0.3) is 10.0 Å². The van der Waals surface area contributed by atoms with Crippen LogP contribution in [0.25, 0.3) is 5.69 Å². The maximum Gasteiger partial charge on any atom is 0.257 e. The van der Waals surface area contributed by atoms with E-state index in [2.05, 4.69) is 5.10 Å². The maximum atomic E-state index is 11.7. The quantitative estimate of drug-likeness (QED) is 0.895. The van der Waals surface area contributed by atoms with Gasteiger partial charge < -0.3 is 4.74 Å². The first kappa shape index (κ1) is 14.0. The van der Waals surface area contributed by atoms with Gasteiger partial charge in [0.15, 0.2) is 5.03 Å². The summed E-state index contributed by atoms with van der Waals surface area (Å²) in [6, 6.07) is 8.45. The number of nitrogens with zero attached hydrogens (tertiary/aromatic N) is 3. The molecule has 0 atom stereocenters. The first-order valence-electron chi connectivity index (χ1n) is 5.55. The Bertz CT molecular complexity index is 803. The molecule has 104 valence electrons. The highest BCUT2D eigenvalue weighted by molar-refractivity contribution is 7.89. The molecular formula is C12H12N4O3S. The number of ether oxygens (including phenoxy) is 1. The Morgan fingerprint density at radius 3 is 2.70 bits per heavy atom. The van der Waals surface area contributed by atoms with Gasteiger partial charge in [-0.3, -0.25) is 0 Å². The van der Waals surface area contributed by atoms with E-state index in [1.54, 1.807) is 31.2 Å². The van der Waals surface area contributed by atoms with Gasteiger partial charge in [-0.1, -0.05) is 6.07 Å². The van der Waals surface area contributed by atoms with Crippen LogP contribution < -0.4 is 9.88 Å². The zero-order valence-electron chi connectivity index (χ0n) is 10.9. The van der Waals surface area contributed by atoms with Crippen molar-refractivity contribution in [2.24, 2.45) is 5.14 Å². The topological polar surface area (TPSA) is 111 Å². The Kier molecular flexibility index (Phi) is 3.48. The van der Waals surface area contributed by atoms with Crippen LogP contribution in [0.15, 0.2) is 29.3 Å². The number of aryl methyl sites for hydroxylation is 1. The van der Waals surface area contributed by atoms with Gasteiger partial charge in [0.05, 0.1) is 18.5 Å². The van der Waals surface area contributed by atoms with E-state index < -0.39 is 10.0 Å². The van der Waals surface area contributed by atoms with Crippen molar-refractivity contribution in [3.63, 3.8) is 0 Å². The first-order chi connectivity index (χ1) is 9.38. The number of rotatable bonds is 3. The van der Waals surface area contributed by atoms with Crippen molar-refractivity contribution in [3.05, 3.63) is 35.5 Å². The van der Waals surface area contributed by atoms with Crippen LogP contribution in [0.4, 0.5) is 0 Å². The molecular weight excluding hydrogens is 280 g/mol. The fourth-order valence-electron chi connectivity index (χ4n) is 1.81. The van der Waals surface area contributed by atoms with Crippen LogP contribution in [0, 0.1) is 18.3 Å². The van der Waals surface area contributed by atoms with Crippen molar-refractivity contribution >= 4 is 10.0 Å². The monoisotopic (exact) mass is 292 g/mol. The molecule has 8 heteroatoms. The second-order valence-electron chi connectivity index (χ2n) is 4.04. The molecule has 7 nitrogen and oxygen atoms in total. The third-order valence-corrected chi connectivity index (χ3v) is 3.61. The smallest absolute Gasteiger partial charge is 0.257 e. The SMILES string of the molecule is COc1cccc(-n2nc(C)c(C#N)c2S(N)(=O)=O)c1. The van der Waals surface area contributed by atoms with Crippen LogP contribution in [-0.4, -0.2) is 25.3 Å². The Morgan fingerprint density at radius 1 is 1.45 bits per heavy atom. The van der Waals surface area contributed by atoms with Crippen LogP contribution in [0.2, 0.25) is 0 Å². The number of nitrogens with two attached hydrogens (primary N) is 1. The summed E-state index contributed by atoms with van der Waals surface area (Å²) in [4.78, 5) is 0. The number of sulfonamides is 1. The van der Waals surface area contributed by atoms with Gasteiger partial charge in [0, 0.05) is 6.07 Å². The third kappa shape index (κ3) is 2.36. The molecule has 1 heterocycles. The number of hydrogen-bond donors (Lipinski definition) is 1. The van der Waals surface area contributed by atoms with E-state index in [-0.39, 0.29) is 10.6 Å². The molecule has 1 aromatic heterocycles. The number of aromatic nitrogens is 2. The number of benzene rings is 1. The number of primary sulfonamides is 1. The average Bonchev–Trinajstić information content (AvgIpc) is 2.75. The van der Waals surface area contributed by atoms with E-state index in [0.29, 0.717) is 17.1 Å². The van der Waals surface area contributed by atoms with Crippen LogP contribution in [0.3, 0.4) is 0 Å². The molecule has 0 saturated heterocycles. The Morgan fingerprint density at radius 2 is 2.15 bits per heavy atom. The molecule has 2 N–H and O–H groups in total. The van der Waals surface area contributed by atoms with E-state index in [1.165, 1.54) is 7.11 Å². The summed E-state index contributed by atoms with van der Waals surface area (Å²) in [5.41, 5.74) is 0.674. The standard InChI is InChI=1S/C12H12N4O3S/c1-8-11(7-13)12(20(14,17)18)16(15-8)9-4-3-5-10(6-9)19-2/h3-6H,1-2H3,(H2,14,17,18). The highest BCUT2D eigenvalue weighted by Crippen LogP contribution is 2.23. The second kappa shape index (κ2) is 4.96. The fourth-order valence-corrected chi connectivity index (χ4v) is 2.68. The van der Waals surface area contributed by atoms with Gasteiger partial charge in [0.1, 0.15) is 17.4 Å². The van der Waals surface area contributed by atoms with Gasteiger partial charge in [-0.25, -0.2) is 18.2 Å². The molecule has 2 aromatic rings. The Balaban J connectivity index is 2.78. The van der Waals surface area contributed by atoms with Gasteiger partial charge in [-0.05, 0) is 19.1 Å². The third-order valence-electron chi connectivity index (χ3n) is 2.70. The molecule has 0 aliphatic heterocycles. The minimum atomic E-state index is -4.09. The zero-order valence-corrected chi connectivity index (χ0v) is 11.7. The molecule has 0 saturated carbocycles. The van der Waals surface area contributed by atoms with Gasteiger partial charge in [0.2, 0.25) is 0 Å². The van der Waals surface area contributed by atoms with Crippen molar-refractivity contribution in [3.8, 4) is 17.5 Å². The summed E-state index contributed by atoms with van der Waals surface area (Å²) >= 11 is 0. The van der Waals surface area contributed by atoms with Crippen molar-refractivity contribution in [2.75, 3.05) is 7.11 Å². The fraction of sp³-hybridized carbons (Fsp3) is 0.167. The molecule has 0 radical (unpaired) electrons. The predicted molar refractivity (Wildman–Crippen MR) is 70.9 cm³/mol. The van der Waals surface area contributed by atoms with E-state index >= 15 is 0 Å². The molecule has 1 aromatic carbocycles. The summed E-state index contributed by atoms with van der Waals surface area (Å²) in [6.45, 7) is 1.55. The zero-order chi connectivity index (χ0) is 14.9. The molecule has 20 heavy (non-hydrogen) atoms. The summed E-state index contributed by atoms with van der Waals surface area (Å²) < 4.78 is 29.6. The van der Waals surface area contributed by atoms with Gasteiger partial charge >= 0.3 is 0 Å². The predicted octanol–water partition coefficient (Wildman–Crippen LogP) is 0.708. The van der Waals surface area contributed by atoms with E-state index in [0.717, 1.165) is 4.68 Å². The molecule has 2 rings (SSSR count). The van der Waals surface area contributed by atoms with Crippen LogP contribution in [-0.2, 0) is 10.0 Å². The lowest BCUT2D eigenvalue weighted by molar-refractivity contribution is 0.414. The van der Waals surface area contributed by atoms with Crippen molar-refractivity contribution in [1.82, 2.24) is 9.78 Å². The molecule has 0 spiro atoms. The summed E-state index contributed by atoms with van der Waals surface area (Å²) in [7, 11) is -2.59. The number of hydrogen-bond acceptors (Lipinski definition) is 5. The average molecular weight is 292 g/mol. The second-order valence-corrected chi connectivity index (χ2v) is 5.51. The summed E-state index contributed by atoms with van der Waals surface area (Å²) in [5, 5.41) is 18.0. The van der Waals surface area contributed by atoms with Crippen LogP contribution in [0.5, 0.6) is 5.75 Å². The minimum absolute atomic E-state index is 0.0599. The van der Waals surface area contributed by atoms with E-state index in [9.17, 15) is 8.42 Å². The molecule has 0 aliphatic carbocycles. The number of nitriles is 1. The van der Waals surface area contributed by atoms with Gasteiger partial charge in [-0.2, -0.15) is 10.4 Å². The normalized spacial score (nSPS) is 11.1. The highest BCUT2D eigenvalue weighted by atomic mass is 32.2. The first-order valence-corrected chi connectivity index (χ1v) is 7.10. The van der Waals surface area contributed by atoms with Crippen LogP contribution in [0.1, 0.15) is 11.3 Å². The lowest BCUT2D eigenvalue weighted by Crippen LogP contribution is -2.18.